The Hall–Kier alpha value is -4.00. The maximum atomic E-state index is 13.7. The first-order valence-electron chi connectivity index (χ1n) is 11.1. The lowest BCUT2D eigenvalue weighted by molar-refractivity contribution is -0.122. The van der Waals surface area contributed by atoms with E-state index in [1.54, 1.807) is 34.9 Å². The molecule has 0 radical (unpaired) electrons. The van der Waals surface area contributed by atoms with Crippen LogP contribution in [-0.2, 0) is 16.1 Å². The van der Waals surface area contributed by atoms with Crippen molar-refractivity contribution in [3.05, 3.63) is 93.9 Å². The van der Waals surface area contributed by atoms with E-state index in [0.717, 1.165) is 21.2 Å². The highest BCUT2D eigenvalue weighted by molar-refractivity contribution is 8.19. The Balaban J connectivity index is 1.56. The van der Waals surface area contributed by atoms with Crippen LogP contribution in [0.2, 0.25) is 0 Å². The summed E-state index contributed by atoms with van der Waals surface area (Å²) < 4.78 is 0. The van der Waals surface area contributed by atoms with Gasteiger partial charge in [-0.15, -0.1) is 0 Å². The van der Waals surface area contributed by atoms with E-state index in [1.165, 1.54) is 18.7 Å². The minimum absolute atomic E-state index is 0.111. The van der Waals surface area contributed by atoms with E-state index < -0.39 is 0 Å². The fourth-order valence-corrected chi connectivity index (χ4v) is 6.27. The Morgan fingerprint density at radius 2 is 1.81 bits per heavy atom. The second-order valence-corrected chi connectivity index (χ2v) is 10.2. The zero-order valence-corrected chi connectivity index (χ0v) is 21.2. The van der Waals surface area contributed by atoms with Crippen LogP contribution >= 0.6 is 23.5 Å². The molecule has 36 heavy (non-hydrogen) atoms. The number of fused-ring (bicyclic) bond motifs is 1. The summed E-state index contributed by atoms with van der Waals surface area (Å²) in [5.41, 5.74) is 3.31. The molecule has 0 saturated carbocycles. The van der Waals surface area contributed by atoms with Crippen molar-refractivity contribution >= 4 is 57.6 Å². The third-order valence-corrected chi connectivity index (χ3v) is 8.07. The number of amidine groups is 1. The zero-order valence-electron chi connectivity index (χ0n) is 19.6. The average Bonchev–Trinajstić information content (AvgIpc) is 3.36. The SMILES string of the molecule is CC(=O)Nc1cc(/N=C2\S/C(=C3\Sc4ccccc4N3C)C(=O)N2Cc2ccccc2)ccc1C#N. The van der Waals surface area contributed by atoms with Crippen LogP contribution in [0.1, 0.15) is 18.1 Å². The van der Waals surface area contributed by atoms with E-state index in [2.05, 4.69) is 11.4 Å². The van der Waals surface area contributed by atoms with Crippen molar-refractivity contribution in [1.29, 1.82) is 5.26 Å². The van der Waals surface area contributed by atoms with E-state index >= 15 is 0 Å². The largest absolute Gasteiger partial charge is 0.337 e. The predicted octanol–water partition coefficient (Wildman–Crippen LogP) is 5.69. The summed E-state index contributed by atoms with van der Waals surface area (Å²) in [5.74, 6) is -0.388. The van der Waals surface area contributed by atoms with E-state index in [0.29, 0.717) is 33.6 Å². The van der Waals surface area contributed by atoms with Gasteiger partial charge in [-0.2, -0.15) is 5.26 Å². The summed E-state index contributed by atoms with van der Waals surface area (Å²) in [7, 11) is 1.96. The van der Waals surface area contributed by atoms with E-state index in [1.807, 2.05) is 66.5 Å². The number of carbonyl (C=O) groups excluding carboxylic acids is 2. The number of aliphatic imine (C=N–C) groups is 1. The molecule has 3 aromatic rings. The minimum atomic E-state index is -0.277. The highest BCUT2D eigenvalue weighted by Crippen LogP contribution is 2.50. The molecule has 0 spiro atoms. The first kappa shape index (κ1) is 23.7. The van der Waals surface area contributed by atoms with E-state index in [9.17, 15) is 14.9 Å². The fraction of sp³-hybridized carbons (Fsp3) is 0.111. The number of para-hydroxylation sites is 1. The Morgan fingerprint density at radius 1 is 1.06 bits per heavy atom. The third kappa shape index (κ3) is 4.61. The van der Waals surface area contributed by atoms with Gasteiger partial charge in [0.15, 0.2) is 5.17 Å². The Bertz CT molecular complexity index is 1480. The third-order valence-electron chi connectivity index (χ3n) is 5.64. The molecule has 0 aliphatic carbocycles. The zero-order chi connectivity index (χ0) is 25.2. The molecule has 2 heterocycles. The van der Waals surface area contributed by atoms with Crippen LogP contribution in [0.15, 0.2) is 92.6 Å². The number of anilines is 2. The quantitative estimate of drug-likeness (QED) is 0.453. The number of hydrogen-bond donors (Lipinski definition) is 1. The average molecular weight is 512 g/mol. The van der Waals surface area contributed by atoms with Gasteiger partial charge in [0.2, 0.25) is 5.91 Å². The van der Waals surface area contributed by atoms with Gasteiger partial charge < -0.3 is 10.2 Å². The van der Waals surface area contributed by atoms with Crippen molar-refractivity contribution in [1.82, 2.24) is 4.90 Å². The van der Waals surface area contributed by atoms with Gasteiger partial charge in [0, 0.05) is 18.9 Å². The van der Waals surface area contributed by atoms with Gasteiger partial charge in [0.25, 0.3) is 5.91 Å². The van der Waals surface area contributed by atoms with Gasteiger partial charge in [0.1, 0.15) is 11.0 Å². The molecule has 178 valence electrons. The molecule has 2 aliphatic rings. The van der Waals surface area contributed by atoms with Crippen molar-refractivity contribution in [3.8, 4) is 6.07 Å². The smallest absolute Gasteiger partial charge is 0.269 e. The molecule has 2 amide bonds. The van der Waals surface area contributed by atoms with Crippen LogP contribution in [0.3, 0.4) is 0 Å². The Labute approximate surface area is 217 Å². The lowest BCUT2D eigenvalue weighted by atomic mass is 10.1. The maximum absolute atomic E-state index is 13.7. The predicted molar refractivity (Wildman–Crippen MR) is 145 cm³/mol. The fourth-order valence-electron chi connectivity index (χ4n) is 3.93. The molecule has 0 unspecified atom stereocenters. The molecule has 1 fully saturated rings. The first-order valence-corrected chi connectivity index (χ1v) is 12.8. The summed E-state index contributed by atoms with van der Waals surface area (Å²) in [5, 5.41) is 13.5. The summed E-state index contributed by atoms with van der Waals surface area (Å²) in [6, 6.07) is 24.9. The molecular weight excluding hydrogens is 490 g/mol. The molecule has 1 saturated heterocycles. The molecular formula is C27H21N5O2S2. The summed E-state index contributed by atoms with van der Waals surface area (Å²) in [4.78, 5) is 35.6. The molecule has 2 aliphatic heterocycles. The van der Waals surface area contributed by atoms with Gasteiger partial charge in [0.05, 0.1) is 34.2 Å². The number of nitriles is 1. The lowest BCUT2D eigenvalue weighted by Gasteiger charge is -2.17. The number of benzene rings is 3. The van der Waals surface area contributed by atoms with Crippen LogP contribution in [0, 0.1) is 11.3 Å². The summed E-state index contributed by atoms with van der Waals surface area (Å²) in [6.45, 7) is 1.76. The highest BCUT2D eigenvalue weighted by atomic mass is 32.2. The summed E-state index contributed by atoms with van der Waals surface area (Å²) >= 11 is 2.91. The van der Waals surface area contributed by atoms with Gasteiger partial charge in [-0.25, -0.2) is 4.99 Å². The number of amides is 2. The molecule has 3 aromatic carbocycles. The van der Waals surface area contributed by atoms with E-state index in [4.69, 9.17) is 4.99 Å². The van der Waals surface area contributed by atoms with Crippen LogP contribution in [0.4, 0.5) is 17.1 Å². The van der Waals surface area contributed by atoms with Crippen LogP contribution in [0.25, 0.3) is 0 Å². The normalized spacial score (nSPS) is 17.9. The van der Waals surface area contributed by atoms with Gasteiger partial charge in [-0.05, 0) is 47.7 Å². The van der Waals surface area contributed by atoms with Gasteiger partial charge in [-0.1, -0.05) is 54.2 Å². The number of rotatable bonds is 4. The summed E-state index contributed by atoms with van der Waals surface area (Å²) in [6.07, 6.45) is 0. The number of thioether (sulfide) groups is 2. The Morgan fingerprint density at radius 3 is 2.53 bits per heavy atom. The number of nitrogens with one attached hydrogen (secondary N) is 1. The number of carbonyl (C=O) groups is 2. The van der Waals surface area contributed by atoms with Crippen molar-refractivity contribution in [2.24, 2.45) is 4.99 Å². The van der Waals surface area contributed by atoms with Crippen molar-refractivity contribution < 1.29 is 9.59 Å². The van der Waals surface area contributed by atoms with Crippen LogP contribution in [-0.4, -0.2) is 28.9 Å². The van der Waals surface area contributed by atoms with Crippen LogP contribution in [0.5, 0.6) is 0 Å². The van der Waals surface area contributed by atoms with Crippen molar-refractivity contribution in [3.63, 3.8) is 0 Å². The molecule has 1 N–H and O–H groups in total. The molecule has 0 atom stereocenters. The molecule has 9 heteroatoms. The second kappa shape index (κ2) is 9.93. The van der Waals surface area contributed by atoms with Gasteiger partial charge in [-0.3, -0.25) is 14.5 Å². The first-order chi connectivity index (χ1) is 17.4. The molecule has 5 rings (SSSR count). The number of nitrogens with zero attached hydrogens (tertiary/aromatic N) is 4. The van der Waals surface area contributed by atoms with E-state index in [-0.39, 0.29) is 11.8 Å². The minimum Gasteiger partial charge on any atom is -0.337 e. The van der Waals surface area contributed by atoms with Crippen molar-refractivity contribution in [2.75, 3.05) is 17.3 Å². The van der Waals surface area contributed by atoms with Gasteiger partial charge >= 0.3 is 0 Å². The number of hydrogen-bond acceptors (Lipinski definition) is 7. The standard InChI is InChI=1S/C27H21N5O2S2/c1-17(33)29-21-14-20(13-12-19(21)15-28)30-27-32(16-18-8-4-3-5-9-18)25(34)24(36-27)26-31(2)22-10-6-7-11-23(22)35-26/h3-14H,16H2,1-2H3,(H,29,33)/b26-24-,30-27-. The van der Waals surface area contributed by atoms with Crippen molar-refractivity contribution in [2.45, 2.75) is 18.4 Å². The molecule has 0 bridgehead atoms. The molecule has 0 aromatic heterocycles. The highest BCUT2D eigenvalue weighted by Gasteiger charge is 2.39. The molecule has 7 nitrogen and oxygen atoms in total. The maximum Gasteiger partial charge on any atom is 0.269 e. The topological polar surface area (TPSA) is 88.8 Å². The monoisotopic (exact) mass is 511 g/mol. The Kier molecular flexibility index (Phi) is 6.55. The lowest BCUT2D eigenvalue weighted by Crippen LogP contribution is -2.29. The second-order valence-electron chi connectivity index (χ2n) is 8.16. The van der Waals surface area contributed by atoms with Crippen LogP contribution < -0.4 is 10.2 Å².